The Morgan fingerprint density at radius 2 is 1.69 bits per heavy atom. The van der Waals surface area contributed by atoms with E-state index in [2.05, 4.69) is 0 Å². The first kappa shape index (κ1) is 22.9. The molecule has 2 heterocycles. The molecule has 2 aromatic carbocycles. The molecule has 2 aliphatic heterocycles. The van der Waals surface area contributed by atoms with Crippen molar-refractivity contribution in [1.82, 2.24) is 4.90 Å². The predicted octanol–water partition coefficient (Wildman–Crippen LogP) is 4.90. The van der Waals surface area contributed by atoms with E-state index in [1.54, 1.807) is 38.7 Å². The Kier molecular flexibility index (Phi) is 5.50. The fraction of sp³-hybridized carbons (Fsp3) is 0.321. The van der Waals surface area contributed by atoms with Crippen molar-refractivity contribution in [3.63, 3.8) is 0 Å². The van der Waals surface area contributed by atoms with E-state index in [0.29, 0.717) is 23.3 Å². The number of hydrogen-bond acceptors (Lipinski definition) is 5. The summed E-state index contributed by atoms with van der Waals surface area (Å²) < 4.78 is 11.6. The molecule has 5 rings (SSSR count). The number of hydrogen-bond donors (Lipinski definition) is 0. The molecule has 0 radical (unpaired) electrons. The first-order valence-corrected chi connectivity index (χ1v) is 11.7. The highest BCUT2D eigenvalue weighted by molar-refractivity contribution is 6.08. The van der Waals surface area contributed by atoms with Crippen LogP contribution in [0, 0.1) is 5.92 Å². The largest absolute Gasteiger partial charge is 0.474 e. The van der Waals surface area contributed by atoms with E-state index < -0.39 is 29.9 Å². The van der Waals surface area contributed by atoms with E-state index in [1.807, 2.05) is 54.6 Å². The first-order valence-electron chi connectivity index (χ1n) is 11.7. The van der Waals surface area contributed by atoms with Gasteiger partial charge < -0.3 is 9.47 Å². The van der Waals surface area contributed by atoms with E-state index in [0.717, 1.165) is 11.1 Å². The SMILES string of the molecule is CC1=CC(O/C=C2/C(=O)N(C(=O)OC(C)(C)C)C3c4ccccc4CC23)N(c2ccccc2)C1=O. The molecular formula is C28H28N2O5. The Balaban J connectivity index is 1.48. The van der Waals surface area contributed by atoms with Crippen LogP contribution in [0.3, 0.4) is 0 Å². The molecule has 3 amide bonds. The number of nitrogens with zero attached hydrogens (tertiary/aromatic N) is 2. The van der Waals surface area contributed by atoms with Crippen LogP contribution in [0.4, 0.5) is 10.5 Å². The summed E-state index contributed by atoms with van der Waals surface area (Å²) in [5, 5.41) is 0. The number of benzene rings is 2. The summed E-state index contributed by atoms with van der Waals surface area (Å²) >= 11 is 0. The number of anilines is 1. The minimum absolute atomic E-state index is 0.154. The van der Waals surface area contributed by atoms with Crippen LogP contribution in [0.25, 0.3) is 0 Å². The van der Waals surface area contributed by atoms with Crippen molar-refractivity contribution < 1.29 is 23.9 Å². The monoisotopic (exact) mass is 472 g/mol. The van der Waals surface area contributed by atoms with Crippen LogP contribution in [0.15, 0.2) is 78.1 Å². The van der Waals surface area contributed by atoms with Crippen molar-refractivity contribution in [2.24, 2.45) is 5.92 Å². The maximum Gasteiger partial charge on any atom is 0.417 e. The molecule has 0 bridgehead atoms. The third kappa shape index (κ3) is 4.01. The average molecular weight is 473 g/mol. The van der Waals surface area contributed by atoms with Gasteiger partial charge in [-0.1, -0.05) is 42.5 Å². The summed E-state index contributed by atoms with van der Waals surface area (Å²) in [4.78, 5) is 42.2. The van der Waals surface area contributed by atoms with Crippen molar-refractivity contribution in [3.8, 4) is 0 Å². The summed E-state index contributed by atoms with van der Waals surface area (Å²) in [6, 6.07) is 16.6. The average Bonchev–Trinajstić information content (AvgIpc) is 3.40. The highest BCUT2D eigenvalue weighted by Crippen LogP contribution is 2.50. The van der Waals surface area contributed by atoms with Crippen molar-refractivity contribution in [1.29, 1.82) is 0 Å². The fourth-order valence-electron chi connectivity index (χ4n) is 5.00. The lowest BCUT2D eigenvalue weighted by molar-refractivity contribution is -0.125. The molecule has 7 heteroatoms. The van der Waals surface area contributed by atoms with Crippen molar-refractivity contribution in [3.05, 3.63) is 89.2 Å². The number of carbonyl (C=O) groups excluding carboxylic acids is 3. The van der Waals surface area contributed by atoms with E-state index in [9.17, 15) is 14.4 Å². The molecule has 2 aromatic rings. The molecule has 0 spiro atoms. The van der Waals surface area contributed by atoms with Gasteiger partial charge in [0, 0.05) is 17.2 Å². The van der Waals surface area contributed by atoms with Gasteiger partial charge in [0.15, 0.2) is 6.23 Å². The Bertz CT molecular complexity index is 1260. The van der Waals surface area contributed by atoms with Gasteiger partial charge in [-0.05, 0) is 63.5 Å². The van der Waals surface area contributed by atoms with E-state index >= 15 is 0 Å². The van der Waals surface area contributed by atoms with Gasteiger partial charge in [0.2, 0.25) is 0 Å². The summed E-state index contributed by atoms with van der Waals surface area (Å²) in [7, 11) is 0. The molecule has 35 heavy (non-hydrogen) atoms. The number of amides is 3. The van der Waals surface area contributed by atoms with Gasteiger partial charge >= 0.3 is 6.09 Å². The lowest BCUT2D eigenvalue weighted by Crippen LogP contribution is -2.39. The second-order valence-electron chi connectivity index (χ2n) is 10.1. The second kappa shape index (κ2) is 8.41. The maximum atomic E-state index is 13.5. The van der Waals surface area contributed by atoms with Crippen LogP contribution in [-0.2, 0) is 25.5 Å². The molecule has 1 aliphatic carbocycles. The van der Waals surface area contributed by atoms with E-state index in [-0.39, 0.29) is 11.8 Å². The Morgan fingerprint density at radius 3 is 2.40 bits per heavy atom. The molecule has 1 fully saturated rings. The fourth-order valence-corrected chi connectivity index (χ4v) is 5.00. The number of para-hydroxylation sites is 1. The highest BCUT2D eigenvalue weighted by atomic mass is 16.6. The zero-order valence-corrected chi connectivity index (χ0v) is 20.2. The molecule has 3 atom stereocenters. The highest BCUT2D eigenvalue weighted by Gasteiger charge is 2.53. The summed E-state index contributed by atoms with van der Waals surface area (Å²) in [5.74, 6) is -0.835. The zero-order valence-electron chi connectivity index (χ0n) is 20.2. The normalized spacial score (nSPS) is 24.5. The third-order valence-electron chi connectivity index (χ3n) is 6.50. The second-order valence-corrected chi connectivity index (χ2v) is 10.1. The first-order chi connectivity index (χ1) is 16.7. The van der Waals surface area contributed by atoms with Gasteiger partial charge in [-0.3, -0.25) is 14.5 Å². The van der Waals surface area contributed by atoms with Crippen LogP contribution < -0.4 is 4.90 Å². The molecule has 0 aromatic heterocycles. The Morgan fingerprint density at radius 1 is 1.00 bits per heavy atom. The molecular weight excluding hydrogens is 444 g/mol. The molecule has 1 saturated heterocycles. The summed E-state index contributed by atoms with van der Waals surface area (Å²) in [6.45, 7) is 7.06. The van der Waals surface area contributed by atoms with Crippen LogP contribution in [0.1, 0.15) is 44.9 Å². The van der Waals surface area contributed by atoms with Gasteiger partial charge in [0.25, 0.3) is 11.8 Å². The minimum atomic E-state index is -0.739. The number of likely N-dealkylation sites (tertiary alicyclic amines) is 1. The Labute approximate surface area is 204 Å². The molecule has 180 valence electrons. The van der Waals surface area contributed by atoms with Gasteiger partial charge in [0.05, 0.1) is 17.9 Å². The zero-order chi connectivity index (χ0) is 24.9. The van der Waals surface area contributed by atoms with E-state index in [4.69, 9.17) is 9.47 Å². The number of carbonyl (C=O) groups is 3. The third-order valence-corrected chi connectivity index (χ3v) is 6.50. The lowest BCUT2D eigenvalue weighted by Gasteiger charge is -2.27. The Hall–Kier alpha value is -3.87. The summed E-state index contributed by atoms with van der Waals surface area (Å²) in [6.07, 6.45) is 2.41. The van der Waals surface area contributed by atoms with E-state index in [1.165, 1.54) is 11.2 Å². The standard InChI is InChI=1S/C28H28N2O5/c1-17-14-23(29(25(17)31)19-11-6-5-7-12-19)34-16-22-21-15-18-10-8-9-13-20(18)24(21)30(26(22)32)27(33)35-28(2,3)4/h5-14,16,21,23-24H,15H2,1-4H3/b22-16+. The van der Waals surface area contributed by atoms with Gasteiger partial charge in [-0.2, -0.15) is 0 Å². The number of ether oxygens (including phenoxy) is 2. The molecule has 0 saturated carbocycles. The van der Waals surface area contributed by atoms with Crippen molar-refractivity contribution in [2.45, 2.75) is 52.0 Å². The van der Waals surface area contributed by atoms with Crippen LogP contribution in [0.2, 0.25) is 0 Å². The van der Waals surface area contributed by atoms with Crippen molar-refractivity contribution >= 4 is 23.6 Å². The van der Waals surface area contributed by atoms with Gasteiger partial charge in [-0.15, -0.1) is 0 Å². The maximum absolute atomic E-state index is 13.5. The van der Waals surface area contributed by atoms with Crippen LogP contribution in [0.5, 0.6) is 0 Å². The predicted molar refractivity (Wildman–Crippen MR) is 130 cm³/mol. The van der Waals surface area contributed by atoms with Crippen LogP contribution >= 0.6 is 0 Å². The molecule has 3 unspecified atom stereocenters. The minimum Gasteiger partial charge on any atom is -0.474 e. The van der Waals surface area contributed by atoms with Crippen LogP contribution in [-0.4, -0.2) is 34.6 Å². The van der Waals surface area contributed by atoms with Gasteiger partial charge in [0.1, 0.15) is 5.60 Å². The number of imide groups is 1. The molecule has 7 nitrogen and oxygen atoms in total. The van der Waals surface area contributed by atoms with Gasteiger partial charge in [-0.25, -0.2) is 9.69 Å². The van der Waals surface area contributed by atoms with Crippen molar-refractivity contribution in [2.75, 3.05) is 4.90 Å². The number of fused-ring (bicyclic) bond motifs is 3. The lowest BCUT2D eigenvalue weighted by atomic mass is 9.97. The topological polar surface area (TPSA) is 76.2 Å². The summed E-state index contributed by atoms with van der Waals surface area (Å²) in [5.41, 5.74) is 2.96. The smallest absolute Gasteiger partial charge is 0.417 e. The molecule has 3 aliphatic rings. The number of rotatable bonds is 3. The quantitative estimate of drug-likeness (QED) is 0.469. The molecule has 0 N–H and O–H groups in total.